The number of nitrogens with one attached hydrogen (secondary N) is 1. The van der Waals surface area contributed by atoms with Crippen LogP contribution in [0.25, 0.3) is 0 Å². The number of nitrogens with zero attached hydrogens (tertiary/aromatic N) is 2. The number of ketones is 1. The topological polar surface area (TPSA) is 72.0 Å². The molecule has 0 saturated carbocycles. The zero-order valence-corrected chi connectivity index (χ0v) is 15.0. The summed E-state index contributed by atoms with van der Waals surface area (Å²) in [5.41, 5.74) is 2.30. The van der Waals surface area contributed by atoms with E-state index in [-0.39, 0.29) is 29.5 Å². The maximum absolute atomic E-state index is 12.4. The molecule has 0 fully saturated rings. The molecule has 6 heteroatoms. The Morgan fingerprint density at radius 2 is 2.04 bits per heavy atom. The summed E-state index contributed by atoms with van der Waals surface area (Å²) >= 11 is 5.94. The quantitative estimate of drug-likeness (QED) is 0.896. The molecule has 2 aromatic rings. The van der Waals surface area contributed by atoms with Gasteiger partial charge in [0.15, 0.2) is 5.78 Å². The average Bonchev–Trinajstić information content (AvgIpc) is 2.61. The van der Waals surface area contributed by atoms with E-state index in [2.05, 4.69) is 15.3 Å². The minimum Gasteiger partial charge on any atom is -0.294 e. The van der Waals surface area contributed by atoms with Crippen LogP contribution in [0.4, 0.5) is 5.95 Å². The molecular weight excluding hydrogens is 338 g/mol. The Kier molecular flexibility index (Phi) is 5.13. The third-order valence-electron chi connectivity index (χ3n) is 4.68. The van der Waals surface area contributed by atoms with Crippen molar-refractivity contribution in [3.63, 3.8) is 0 Å². The first-order valence-corrected chi connectivity index (χ1v) is 8.81. The molecule has 1 heterocycles. The van der Waals surface area contributed by atoms with E-state index in [1.54, 1.807) is 0 Å². The van der Waals surface area contributed by atoms with Gasteiger partial charge in [-0.05, 0) is 36.5 Å². The van der Waals surface area contributed by atoms with E-state index in [9.17, 15) is 9.59 Å². The molecule has 1 aromatic heterocycles. The van der Waals surface area contributed by atoms with Crippen LogP contribution in [0.15, 0.2) is 30.5 Å². The summed E-state index contributed by atoms with van der Waals surface area (Å²) < 4.78 is 0. The number of carbonyl (C=O) groups excluding carboxylic acids is 2. The van der Waals surface area contributed by atoms with Crippen molar-refractivity contribution in [3.05, 3.63) is 52.3 Å². The lowest BCUT2D eigenvalue weighted by Gasteiger charge is -2.23. The Morgan fingerprint density at radius 1 is 1.32 bits per heavy atom. The molecule has 1 aliphatic carbocycles. The molecule has 3 rings (SSSR count). The molecule has 1 aromatic carbocycles. The van der Waals surface area contributed by atoms with E-state index < -0.39 is 0 Å². The summed E-state index contributed by atoms with van der Waals surface area (Å²) in [6.45, 7) is 3.81. The minimum atomic E-state index is -0.112. The van der Waals surface area contributed by atoms with Gasteiger partial charge in [-0.25, -0.2) is 9.97 Å². The molecule has 2 atom stereocenters. The van der Waals surface area contributed by atoms with Crippen molar-refractivity contribution in [2.75, 3.05) is 5.32 Å². The number of hydrogen-bond donors (Lipinski definition) is 1. The van der Waals surface area contributed by atoms with Gasteiger partial charge < -0.3 is 0 Å². The lowest BCUT2D eigenvalue weighted by atomic mass is 9.82. The van der Waals surface area contributed by atoms with E-state index in [4.69, 9.17) is 11.6 Å². The number of halogens is 1. The number of benzene rings is 1. The van der Waals surface area contributed by atoms with Crippen LogP contribution in [0.3, 0.4) is 0 Å². The molecule has 0 aliphatic heterocycles. The van der Waals surface area contributed by atoms with Crippen LogP contribution >= 0.6 is 11.6 Å². The molecule has 1 N–H and O–H groups in total. The molecule has 0 spiro atoms. The monoisotopic (exact) mass is 357 g/mol. The predicted octanol–water partition coefficient (Wildman–Crippen LogP) is 4.03. The second-order valence-electron chi connectivity index (χ2n) is 6.43. The lowest BCUT2D eigenvalue weighted by molar-refractivity contribution is -0.119. The highest BCUT2D eigenvalue weighted by Gasteiger charge is 2.28. The Hall–Kier alpha value is -2.27. The zero-order valence-electron chi connectivity index (χ0n) is 14.3. The maximum Gasteiger partial charge on any atom is 0.229 e. The molecule has 0 unspecified atom stereocenters. The molecule has 0 radical (unpaired) electrons. The Morgan fingerprint density at radius 3 is 2.72 bits per heavy atom. The number of hydrogen-bond acceptors (Lipinski definition) is 4. The first kappa shape index (κ1) is 17.5. The summed E-state index contributed by atoms with van der Waals surface area (Å²) in [5, 5.41) is 3.40. The highest BCUT2D eigenvalue weighted by molar-refractivity contribution is 6.30. The molecule has 1 aliphatic rings. The third kappa shape index (κ3) is 3.87. The number of fused-ring (bicyclic) bond motifs is 1. The van der Waals surface area contributed by atoms with E-state index in [0.717, 1.165) is 12.0 Å². The van der Waals surface area contributed by atoms with Gasteiger partial charge in [0.2, 0.25) is 11.9 Å². The smallest absolute Gasteiger partial charge is 0.229 e. The van der Waals surface area contributed by atoms with Gasteiger partial charge in [0.05, 0.1) is 11.3 Å². The lowest BCUT2D eigenvalue weighted by Crippen LogP contribution is -2.24. The molecule has 25 heavy (non-hydrogen) atoms. The van der Waals surface area contributed by atoms with Crippen molar-refractivity contribution in [2.45, 2.75) is 39.0 Å². The summed E-state index contributed by atoms with van der Waals surface area (Å²) in [5.74, 6) is 0.127. The van der Waals surface area contributed by atoms with Crippen LogP contribution in [0, 0.1) is 5.92 Å². The first-order valence-electron chi connectivity index (χ1n) is 8.43. The van der Waals surface area contributed by atoms with E-state index in [0.29, 0.717) is 29.1 Å². The van der Waals surface area contributed by atoms with Crippen LogP contribution in [-0.2, 0) is 11.2 Å². The van der Waals surface area contributed by atoms with Gasteiger partial charge >= 0.3 is 0 Å². The van der Waals surface area contributed by atoms with Gasteiger partial charge in [0.25, 0.3) is 0 Å². The highest BCUT2D eigenvalue weighted by Crippen LogP contribution is 2.32. The van der Waals surface area contributed by atoms with Gasteiger partial charge in [0.1, 0.15) is 0 Å². The predicted molar refractivity (Wildman–Crippen MR) is 97.0 cm³/mol. The standard InChI is InChI=1S/C19H20ClN3O2/c1-3-11(2)18(25)23-19-21-10-15-16(22-19)8-13(9-17(15)24)12-4-6-14(20)7-5-12/h4-7,10-11,13H,3,8-9H2,1-2H3,(H,21,22,23,25)/t11-,13-/m1/s1. The van der Waals surface area contributed by atoms with Gasteiger partial charge in [-0.3, -0.25) is 14.9 Å². The number of rotatable bonds is 4. The van der Waals surface area contributed by atoms with Crippen molar-refractivity contribution < 1.29 is 9.59 Å². The molecule has 1 amide bonds. The number of Topliss-reactive ketones (excluding diaryl/α,β-unsaturated/α-hetero) is 1. The normalized spacial score (nSPS) is 17.7. The van der Waals surface area contributed by atoms with Crippen molar-refractivity contribution in [2.24, 2.45) is 5.92 Å². The fourth-order valence-electron chi connectivity index (χ4n) is 2.89. The van der Waals surface area contributed by atoms with Crippen LogP contribution in [0.5, 0.6) is 0 Å². The third-order valence-corrected chi connectivity index (χ3v) is 4.93. The van der Waals surface area contributed by atoms with Crippen LogP contribution in [0.2, 0.25) is 5.02 Å². The Labute approximate surface area is 151 Å². The second kappa shape index (κ2) is 7.31. The van der Waals surface area contributed by atoms with E-state index >= 15 is 0 Å². The van der Waals surface area contributed by atoms with Gasteiger partial charge in [-0.1, -0.05) is 37.6 Å². The molecule has 130 valence electrons. The molecule has 0 saturated heterocycles. The largest absolute Gasteiger partial charge is 0.294 e. The summed E-state index contributed by atoms with van der Waals surface area (Å²) in [4.78, 5) is 33.0. The van der Waals surface area contributed by atoms with Gasteiger partial charge in [-0.2, -0.15) is 0 Å². The fourth-order valence-corrected chi connectivity index (χ4v) is 3.02. The van der Waals surface area contributed by atoms with Gasteiger partial charge in [0, 0.05) is 23.6 Å². The highest BCUT2D eigenvalue weighted by atomic mass is 35.5. The second-order valence-corrected chi connectivity index (χ2v) is 6.87. The number of amides is 1. The summed E-state index contributed by atoms with van der Waals surface area (Å²) in [6, 6.07) is 7.54. The minimum absolute atomic E-state index is 0.0287. The van der Waals surface area contributed by atoms with E-state index in [1.165, 1.54) is 6.20 Å². The first-order chi connectivity index (χ1) is 12.0. The fraction of sp³-hybridized carbons (Fsp3) is 0.368. The Bertz CT molecular complexity index is 805. The van der Waals surface area contributed by atoms with Crippen molar-refractivity contribution in [1.29, 1.82) is 0 Å². The summed E-state index contributed by atoms with van der Waals surface area (Å²) in [6.07, 6.45) is 3.33. The van der Waals surface area contributed by atoms with Crippen molar-refractivity contribution in [3.8, 4) is 0 Å². The van der Waals surface area contributed by atoms with E-state index in [1.807, 2.05) is 38.1 Å². The summed E-state index contributed by atoms with van der Waals surface area (Å²) in [7, 11) is 0. The van der Waals surface area contributed by atoms with Gasteiger partial charge in [-0.15, -0.1) is 0 Å². The van der Waals surface area contributed by atoms with Crippen LogP contribution in [-0.4, -0.2) is 21.7 Å². The zero-order chi connectivity index (χ0) is 18.0. The molecule has 0 bridgehead atoms. The number of anilines is 1. The van der Waals surface area contributed by atoms with Crippen molar-refractivity contribution >= 4 is 29.2 Å². The Balaban J connectivity index is 1.83. The number of aromatic nitrogens is 2. The SMILES string of the molecule is CC[C@@H](C)C(=O)Nc1ncc2c(n1)C[C@@H](c1ccc(Cl)cc1)CC2=O. The average molecular weight is 358 g/mol. The van der Waals surface area contributed by atoms with Crippen LogP contribution in [0.1, 0.15) is 54.2 Å². The molecule has 5 nitrogen and oxygen atoms in total. The number of carbonyl (C=O) groups is 2. The van der Waals surface area contributed by atoms with Crippen molar-refractivity contribution in [1.82, 2.24) is 9.97 Å². The van der Waals surface area contributed by atoms with Crippen LogP contribution < -0.4 is 5.32 Å². The maximum atomic E-state index is 12.4. The molecular formula is C19H20ClN3O2.